The fourth-order valence-corrected chi connectivity index (χ4v) is 0. The summed E-state index contributed by atoms with van der Waals surface area (Å²) < 4.78 is 4.06. The van der Waals surface area contributed by atoms with Gasteiger partial charge in [0.1, 0.15) is 0 Å². The number of carbonyl (C=O) groups is 1. The van der Waals surface area contributed by atoms with E-state index in [0.717, 1.165) is 0 Å². The molecule has 0 aromatic heterocycles. The zero-order valence-electron chi connectivity index (χ0n) is 2.39. The van der Waals surface area contributed by atoms with Crippen LogP contribution in [-0.4, -0.2) is 6.09 Å². The standard InChI is InChI=1S/CH3NO2.U/c2-1(3)4;/h2H2,(H,3,4);/q;+1/p-1. The van der Waals surface area contributed by atoms with E-state index in [-0.39, 0.29) is 29.9 Å². The second-order valence-electron chi connectivity index (χ2n) is 0.421. The van der Waals surface area contributed by atoms with Crippen LogP contribution in [0.3, 0.4) is 0 Å². The Morgan fingerprint density at radius 1 is 2.00 bits per heavy atom. The summed E-state index contributed by atoms with van der Waals surface area (Å²) in [7, 11) is 0. The zero-order valence-corrected chi connectivity index (χ0v) is 6.56. The van der Waals surface area contributed by atoms with E-state index in [0.29, 0.717) is 0 Å². The average Bonchev–Trinajstić information content (AvgIpc) is 1.38. The molecular formula is CH2NO2U. The van der Waals surface area contributed by atoms with Crippen LogP contribution in [0.15, 0.2) is 0 Å². The van der Waals surface area contributed by atoms with Crippen molar-refractivity contribution in [2.45, 2.75) is 0 Å². The molecule has 5 heavy (non-hydrogen) atoms. The third-order valence-electron chi connectivity index (χ3n) is 0.101. The molecule has 0 aliphatic heterocycles. The second kappa shape index (κ2) is 2.55. The molecule has 0 radical (unpaired) electrons. The molecule has 0 aliphatic carbocycles. The molecule has 1 amide bonds. The number of hydrogen-bond acceptors (Lipinski definition) is 2. The van der Waals surface area contributed by atoms with E-state index < -0.39 is 6.09 Å². The first-order valence-corrected chi connectivity index (χ1v) is 2.60. The first kappa shape index (κ1) is 5.32. The summed E-state index contributed by atoms with van der Waals surface area (Å²) in [5.74, 6) is 0. The molecule has 27 valence electrons. The van der Waals surface area contributed by atoms with Crippen molar-refractivity contribution in [3.63, 3.8) is 0 Å². The van der Waals surface area contributed by atoms with Gasteiger partial charge in [0.05, 0.1) is 0 Å². The van der Waals surface area contributed by atoms with Crippen LogP contribution in [0.1, 0.15) is 0 Å². The Morgan fingerprint density at radius 3 is 2.20 bits per heavy atom. The number of carbonyl (C=O) groups excluding carboxylic acids is 1. The molecule has 0 fully saturated rings. The van der Waals surface area contributed by atoms with Crippen molar-refractivity contribution in [1.82, 2.24) is 0 Å². The molecule has 0 rings (SSSR count). The predicted octanol–water partition coefficient (Wildman–Crippen LogP) is -0.454. The maximum atomic E-state index is 9.41. The monoisotopic (exact) mass is 298 g/mol. The first-order chi connectivity index (χ1) is 2.27. The van der Waals surface area contributed by atoms with Crippen LogP contribution in [0.25, 0.3) is 0 Å². The van der Waals surface area contributed by atoms with Crippen molar-refractivity contribution >= 4 is 6.09 Å². The van der Waals surface area contributed by atoms with Crippen LogP contribution in [0.5, 0.6) is 0 Å². The number of hydrogen-bond donors (Lipinski definition) is 1. The molecule has 0 atom stereocenters. The number of nitrogens with two attached hydrogens (primary N) is 1. The molecule has 0 heterocycles. The van der Waals surface area contributed by atoms with Crippen molar-refractivity contribution in [3.8, 4) is 0 Å². The van der Waals surface area contributed by atoms with Crippen molar-refractivity contribution in [1.29, 1.82) is 0 Å². The van der Waals surface area contributed by atoms with Gasteiger partial charge in [-0.15, -0.1) is 0 Å². The van der Waals surface area contributed by atoms with Crippen molar-refractivity contribution in [2.75, 3.05) is 0 Å². The number of primary amides is 1. The third-order valence-corrected chi connectivity index (χ3v) is 0.938. The van der Waals surface area contributed by atoms with Crippen LogP contribution in [0, 0.1) is 29.9 Å². The summed E-state index contributed by atoms with van der Waals surface area (Å²) in [6, 6.07) is 0. The molecule has 3 nitrogen and oxygen atoms in total. The molecule has 0 bridgehead atoms. The third kappa shape index (κ3) is 4.32. The quantitative estimate of drug-likeness (QED) is 0.658. The normalized spacial score (nSPS) is 6.80. The second-order valence-corrected chi connectivity index (χ2v) is 1.27. The van der Waals surface area contributed by atoms with Gasteiger partial charge in [-0.1, -0.05) is 0 Å². The van der Waals surface area contributed by atoms with Crippen molar-refractivity contribution in [2.24, 2.45) is 5.73 Å². The average molecular weight is 298 g/mol. The van der Waals surface area contributed by atoms with E-state index in [4.69, 9.17) is 0 Å². The Hall–Kier alpha value is 0.322. The van der Waals surface area contributed by atoms with Gasteiger partial charge in [-0.25, -0.2) is 0 Å². The van der Waals surface area contributed by atoms with Crippen LogP contribution < -0.4 is 5.73 Å². The van der Waals surface area contributed by atoms with Gasteiger partial charge in [-0.05, 0) is 0 Å². The molecule has 0 aliphatic rings. The minimum absolute atomic E-state index is 0.224. The summed E-state index contributed by atoms with van der Waals surface area (Å²) in [4.78, 5) is 9.41. The van der Waals surface area contributed by atoms with Crippen LogP contribution in [-0.2, 0) is 2.24 Å². The van der Waals surface area contributed by atoms with E-state index in [1.54, 1.807) is 0 Å². The van der Waals surface area contributed by atoms with Crippen molar-refractivity contribution < 1.29 is 37.0 Å². The van der Waals surface area contributed by atoms with E-state index in [9.17, 15) is 4.79 Å². The SMILES string of the molecule is NC(=O)[O][U]. The van der Waals surface area contributed by atoms with Gasteiger partial charge in [-0.2, -0.15) is 0 Å². The summed E-state index contributed by atoms with van der Waals surface area (Å²) in [6.07, 6.45) is -0.671. The summed E-state index contributed by atoms with van der Waals surface area (Å²) in [5.41, 5.74) is 4.47. The fourth-order valence-electron chi connectivity index (χ4n) is 0. The summed E-state index contributed by atoms with van der Waals surface area (Å²) in [6.45, 7) is 0. The molecule has 0 unspecified atom stereocenters. The van der Waals surface area contributed by atoms with Crippen LogP contribution in [0.4, 0.5) is 4.79 Å². The van der Waals surface area contributed by atoms with Gasteiger partial charge in [0, 0.05) is 0 Å². The molecule has 0 aromatic rings. The molecule has 2 N–H and O–H groups in total. The Labute approximate surface area is 48.9 Å². The Balaban J connectivity index is 2.85. The molecule has 0 spiro atoms. The van der Waals surface area contributed by atoms with Gasteiger partial charge >= 0.3 is 48.8 Å². The van der Waals surface area contributed by atoms with Crippen LogP contribution >= 0.6 is 0 Å². The molecule has 0 aromatic carbocycles. The predicted molar refractivity (Wildman–Crippen MR) is 10.7 cm³/mol. The fraction of sp³-hybridized carbons (Fsp3) is 0. The molecule has 0 saturated carbocycles. The zero-order chi connectivity index (χ0) is 4.28. The van der Waals surface area contributed by atoms with Gasteiger partial charge < -0.3 is 0 Å². The molecule has 4 heteroatoms. The minimum atomic E-state index is -0.671. The first-order valence-electron chi connectivity index (χ1n) is 0.901. The van der Waals surface area contributed by atoms with Crippen molar-refractivity contribution in [3.05, 3.63) is 0 Å². The van der Waals surface area contributed by atoms with Gasteiger partial charge in [0.15, 0.2) is 0 Å². The van der Waals surface area contributed by atoms with E-state index >= 15 is 0 Å². The van der Waals surface area contributed by atoms with E-state index in [1.807, 2.05) is 0 Å². The van der Waals surface area contributed by atoms with Gasteiger partial charge in [0.2, 0.25) is 0 Å². The maximum absolute atomic E-state index is 9.41. The topological polar surface area (TPSA) is 52.3 Å². The van der Waals surface area contributed by atoms with Crippen LogP contribution in [0.2, 0.25) is 0 Å². The number of rotatable bonds is 0. The number of amides is 1. The Kier molecular flexibility index (Phi) is 2.72. The Morgan fingerprint density at radius 2 is 2.20 bits per heavy atom. The van der Waals surface area contributed by atoms with E-state index in [1.165, 1.54) is 0 Å². The summed E-state index contributed by atoms with van der Waals surface area (Å²) in [5, 5.41) is 0. The van der Waals surface area contributed by atoms with Gasteiger partial charge in [-0.3, -0.25) is 0 Å². The Bertz CT molecular complexity index is 44.9. The van der Waals surface area contributed by atoms with Gasteiger partial charge in [0.25, 0.3) is 0 Å². The van der Waals surface area contributed by atoms with E-state index in [2.05, 4.69) is 7.97 Å². The molecule has 0 saturated heterocycles. The summed E-state index contributed by atoms with van der Waals surface area (Å²) >= 11 is 0.224. The molecular weight excluding hydrogens is 296 g/mol.